The second-order valence-electron chi connectivity index (χ2n) is 3.88. The molecule has 1 nitrogen and oxygen atoms in total. The first-order valence-corrected chi connectivity index (χ1v) is 4.93. The van der Waals surface area contributed by atoms with E-state index in [1.54, 1.807) is 12.1 Å². The molecular weight excluding hydrogens is 203 g/mol. The van der Waals surface area contributed by atoms with Gasteiger partial charge >= 0.3 is 0 Å². The third-order valence-electron chi connectivity index (χ3n) is 2.66. The van der Waals surface area contributed by atoms with Crippen molar-refractivity contribution in [2.45, 2.75) is 24.8 Å². The van der Waals surface area contributed by atoms with Gasteiger partial charge in [0.1, 0.15) is 5.82 Å². The van der Waals surface area contributed by atoms with E-state index in [1.165, 1.54) is 12.1 Å². The summed E-state index contributed by atoms with van der Waals surface area (Å²) in [4.78, 5) is 0. The number of benzene rings is 1. The number of nitrogens with one attached hydrogen (secondary N) is 1. The fourth-order valence-corrected chi connectivity index (χ4v) is 1.83. The predicted octanol–water partition coefficient (Wildman–Crippen LogP) is 2.89. The topological polar surface area (TPSA) is 12.0 Å². The Morgan fingerprint density at radius 3 is 2.73 bits per heavy atom. The van der Waals surface area contributed by atoms with Gasteiger partial charge in [0.2, 0.25) is 0 Å². The molecule has 0 aliphatic carbocycles. The van der Waals surface area contributed by atoms with Crippen LogP contribution in [0.25, 0.3) is 0 Å². The van der Waals surface area contributed by atoms with Crippen LogP contribution in [0.3, 0.4) is 0 Å². The zero-order valence-electron chi connectivity index (χ0n) is 8.14. The van der Waals surface area contributed by atoms with Crippen molar-refractivity contribution >= 4 is 0 Å². The molecule has 1 aromatic carbocycles. The average Bonchev–Trinajstić information content (AvgIpc) is 2.17. The quantitative estimate of drug-likeness (QED) is 0.759. The van der Waals surface area contributed by atoms with Gasteiger partial charge in [-0.1, -0.05) is 12.1 Å². The Kier molecular flexibility index (Phi) is 2.69. The van der Waals surface area contributed by atoms with Crippen LogP contribution >= 0.6 is 0 Å². The number of piperidine rings is 1. The molecule has 0 amide bonds. The molecular formula is C11H12F3N. The molecule has 82 valence electrons. The lowest BCUT2D eigenvalue weighted by Crippen LogP contribution is -2.40. The maximum Gasteiger partial charge on any atom is 0.260 e. The van der Waals surface area contributed by atoms with Crippen LogP contribution in [0.4, 0.5) is 13.2 Å². The molecule has 0 radical (unpaired) electrons. The number of hydrogen-bond donors (Lipinski definition) is 1. The van der Waals surface area contributed by atoms with Gasteiger partial charge in [-0.15, -0.1) is 0 Å². The molecule has 1 unspecified atom stereocenters. The molecule has 0 aromatic heterocycles. The second-order valence-corrected chi connectivity index (χ2v) is 3.88. The first-order chi connectivity index (χ1) is 7.07. The molecule has 1 fully saturated rings. The Labute approximate surface area is 86.3 Å². The minimum absolute atomic E-state index is 0.138. The lowest BCUT2D eigenvalue weighted by molar-refractivity contribution is -0.0303. The largest absolute Gasteiger partial charge is 0.304 e. The highest BCUT2D eigenvalue weighted by atomic mass is 19.3. The highest BCUT2D eigenvalue weighted by molar-refractivity contribution is 5.20. The van der Waals surface area contributed by atoms with E-state index < -0.39 is 5.92 Å². The molecule has 1 aliphatic rings. The fourth-order valence-electron chi connectivity index (χ4n) is 1.83. The van der Waals surface area contributed by atoms with Gasteiger partial charge in [-0.05, 0) is 24.1 Å². The van der Waals surface area contributed by atoms with Crippen molar-refractivity contribution < 1.29 is 13.2 Å². The Balaban J connectivity index is 2.08. The summed E-state index contributed by atoms with van der Waals surface area (Å²) in [6, 6.07) is 5.94. The second kappa shape index (κ2) is 3.85. The van der Waals surface area contributed by atoms with Gasteiger partial charge in [0.15, 0.2) is 0 Å². The number of hydrogen-bond acceptors (Lipinski definition) is 1. The number of halogens is 3. The van der Waals surface area contributed by atoms with Crippen LogP contribution in [-0.4, -0.2) is 12.5 Å². The summed E-state index contributed by atoms with van der Waals surface area (Å²) in [5, 5.41) is 2.74. The lowest BCUT2D eigenvalue weighted by Gasteiger charge is -2.29. The van der Waals surface area contributed by atoms with Crippen molar-refractivity contribution in [3.05, 3.63) is 35.6 Å². The van der Waals surface area contributed by atoms with Crippen LogP contribution in [0.5, 0.6) is 0 Å². The summed E-state index contributed by atoms with van der Waals surface area (Å²) in [5.74, 6) is -2.95. The maximum absolute atomic E-state index is 12.9. The van der Waals surface area contributed by atoms with Gasteiger partial charge in [0, 0.05) is 12.5 Å². The van der Waals surface area contributed by atoms with E-state index >= 15 is 0 Å². The molecule has 4 heteroatoms. The van der Waals surface area contributed by atoms with E-state index in [4.69, 9.17) is 0 Å². The van der Waals surface area contributed by atoms with Crippen molar-refractivity contribution in [1.29, 1.82) is 0 Å². The molecule has 0 spiro atoms. The van der Waals surface area contributed by atoms with Crippen molar-refractivity contribution in [3.8, 4) is 0 Å². The molecule has 1 N–H and O–H groups in total. The summed E-state index contributed by atoms with van der Waals surface area (Å²) in [5.41, 5.74) is 0.741. The first-order valence-electron chi connectivity index (χ1n) is 4.93. The van der Waals surface area contributed by atoms with E-state index in [9.17, 15) is 13.2 Å². The van der Waals surface area contributed by atoms with Crippen LogP contribution < -0.4 is 5.32 Å². The molecule has 1 aromatic rings. The third-order valence-corrected chi connectivity index (χ3v) is 2.66. The average molecular weight is 215 g/mol. The SMILES string of the molecule is Fc1cccc(C2CCC(F)(F)CN2)c1. The van der Waals surface area contributed by atoms with Gasteiger partial charge in [0.25, 0.3) is 5.92 Å². The Hall–Kier alpha value is -1.03. The molecule has 2 rings (SSSR count). The summed E-state index contributed by atoms with van der Waals surface area (Å²) >= 11 is 0. The third kappa shape index (κ3) is 2.50. The van der Waals surface area contributed by atoms with Gasteiger partial charge in [-0.25, -0.2) is 13.2 Å². The normalized spacial score (nSPS) is 25.1. The Morgan fingerprint density at radius 1 is 1.33 bits per heavy atom. The minimum Gasteiger partial charge on any atom is -0.304 e. The molecule has 1 aliphatic heterocycles. The first kappa shape index (κ1) is 10.5. The van der Waals surface area contributed by atoms with Crippen molar-refractivity contribution in [1.82, 2.24) is 5.32 Å². The van der Waals surface area contributed by atoms with E-state index in [2.05, 4.69) is 5.32 Å². The van der Waals surface area contributed by atoms with Crippen LogP contribution in [0, 0.1) is 5.82 Å². The molecule has 1 saturated heterocycles. The Morgan fingerprint density at radius 2 is 2.13 bits per heavy atom. The number of alkyl halides is 2. The van der Waals surface area contributed by atoms with Crippen molar-refractivity contribution in [2.75, 3.05) is 6.54 Å². The molecule has 0 saturated carbocycles. The summed E-state index contributed by atoms with van der Waals surface area (Å²) in [6.07, 6.45) is 0.206. The fraction of sp³-hybridized carbons (Fsp3) is 0.455. The summed E-state index contributed by atoms with van der Waals surface area (Å²) in [6.45, 7) is -0.325. The van der Waals surface area contributed by atoms with Crippen LogP contribution in [-0.2, 0) is 0 Å². The van der Waals surface area contributed by atoms with E-state index in [1.807, 2.05) is 0 Å². The van der Waals surface area contributed by atoms with Crippen molar-refractivity contribution in [3.63, 3.8) is 0 Å². The van der Waals surface area contributed by atoms with Crippen LogP contribution in [0.15, 0.2) is 24.3 Å². The maximum atomic E-state index is 12.9. The van der Waals surface area contributed by atoms with E-state index in [0.717, 1.165) is 5.56 Å². The van der Waals surface area contributed by atoms with Crippen molar-refractivity contribution in [2.24, 2.45) is 0 Å². The van der Waals surface area contributed by atoms with Crippen LogP contribution in [0.1, 0.15) is 24.4 Å². The lowest BCUT2D eigenvalue weighted by atomic mass is 9.96. The van der Waals surface area contributed by atoms with Gasteiger partial charge in [-0.2, -0.15) is 0 Å². The zero-order chi connectivity index (χ0) is 10.9. The van der Waals surface area contributed by atoms with E-state index in [0.29, 0.717) is 6.42 Å². The molecule has 0 bridgehead atoms. The standard InChI is InChI=1S/C11H12F3N/c12-9-3-1-2-8(6-9)10-4-5-11(13,14)7-15-10/h1-3,6,10,15H,4-5,7H2. The van der Waals surface area contributed by atoms with Gasteiger partial charge in [-0.3, -0.25) is 0 Å². The Bertz CT molecular complexity index is 341. The summed E-state index contributed by atoms with van der Waals surface area (Å²) < 4.78 is 38.6. The van der Waals surface area contributed by atoms with Gasteiger partial charge in [0.05, 0.1) is 6.54 Å². The monoisotopic (exact) mass is 215 g/mol. The smallest absolute Gasteiger partial charge is 0.260 e. The highest BCUT2D eigenvalue weighted by Crippen LogP contribution is 2.31. The summed E-state index contributed by atoms with van der Waals surface area (Å²) in [7, 11) is 0. The van der Waals surface area contributed by atoms with E-state index in [-0.39, 0.29) is 24.8 Å². The zero-order valence-corrected chi connectivity index (χ0v) is 8.14. The molecule has 1 heterocycles. The molecule has 1 atom stereocenters. The van der Waals surface area contributed by atoms with Gasteiger partial charge < -0.3 is 5.32 Å². The predicted molar refractivity (Wildman–Crippen MR) is 51.3 cm³/mol. The molecule has 15 heavy (non-hydrogen) atoms. The highest BCUT2D eigenvalue weighted by Gasteiger charge is 2.34. The number of rotatable bonds is 1. The minimum atomic E-state index is -2.62. The van der Waals surface area contributed by atoms with Crippen LogP contribution in [0.2, 0.25) is 0 Å².